The van der Waals surface area contributed by atoms with Gasteiger partial charge in [0, 0.05) is 23.1 Å². The number of aromatic amines is 1. The fraction of sp³-hybridized carbons (Fsp3) is 0.238. The van der Waals surface area contributed by atoms with Gasteiger partial charge in [-0.05, 0) is 41.8 Å². The molecule has 0 aliphatic heterocycles. The predicted octanol–water partition coefficient (Wildman–Crippen LogP) is 5.06. The molecule has 0 saturated heterocycles. The van der Waals surface area contributed by atoms with Gasteiger partial charge >= 0.3 is 0 Å². The van der Waals surface area contributed by atoms with Crippen molar-refractivity contribution in [1.82, 2.24) is 0 Å². The number of hydrogen-bond donors (Lipinski definition) is 0. The van der Waals surface area contributed by atoms with Crippen LogP contribution < -0.4 is 4.98 Å². The largest absolute Gasteiger partial charge is 0.293 e. The van der Waals surface area contributed by atoms with Gasteiger partial charge in [-0.2, -0.15) is 4.98 Å². The molecule has 24 heavy (non-hydrogen) atoms. The first kappa shape index (κ1) is 16.7. The van der Waals surface area contributed by atoms with Crippen LogP contribution in [0.3, 0.4) is 0 Å². The van der Waals surface area contributed by atoms with Gasteiger partial charge in [0.2, 0.25) is 10.5 Å². The third-order valence-electron chi connectivity index (χ3n) is 4.22. The number of carbonyl (C=O) groups excluding carboxylic acids is 1. The van der Waals surface area contributed by atoms with E-state index in [0.717, 1.165) is 16.1 Å². The van der Waals surface area contributed by atoms with Crippen LogP contribution in [0.2, 0.25) is 0 Å². The number of hydrogen-bond acceptors (Lipinski definition) is 2. The molecule has 2 aromatic carbocycles. The third kappa shape index (κ3) is 3.68. The second-order valence-corrected chi connectivity index (χ2v) is 7.37. The number of aromatic nitrogens is 1. The molecule has 0 aliphatic rings. The Balaban J connectivity index is 1.72. The van der Waals surface area contributed by atoms with Gasteiger partial charge in [0.25, 0.3) is 0 Å². The first-order valence-corrected chi connectivity index (χ1v) is 9.21. The smallest absolute Gasteiger partial charge is 0.239 e. The fourth-order valence-corrected chi connectivity index (χ4v) is 3.63. The molecule has 0 bridgehead atoms. The van der Waals surface area contributed by atoms with Crippen molar-refractivity contribution in [1.29, 1.82) is 0 Å². The number of aryl methyl sites for hydroxylation is 1. The molecule has 0 radical (unpaired) electrons. The summed E-state index contributed by atoms with van der Waals surface area (Å²) in [6, 6.07) is 18.3. The Morgan fingerprint density at radius 1 is 1.08 bits per heavy atom. The van der Waals surface area contributed by atoms with E-state index in [1.165, 1.54) is 16.5 Å². The van der Waals surface area contributed by atoms with Crippen LogP contribution in [0.5, 0.6) is 0 Å². The van der Waals surface area contributed by atoms with Crippen LogP contribution in [0.4, 0.5) is 0 Å². The van der Waals surface area contributed by atoms with Crippen molar-refractivity contribution >= 4 is 28.4 Å². The summed E-state index contributed by atoms with van der Waals surface area (Å²) in [4.78, 5) is 15.8. The van der Waals surface area contributed by atoms with E-state index in [9.17, 15) is 4.79 Å². The van der Waals surface area contributed by atoms with E-state index < -0.39 is 0 Å². The molecule has 0 atom stereocenters. The lowest BCUT2D eigenvalue weighted by Crippen LogP contribution is -2.11. The van der Waals surface area contributed by atoms with Crippen LogP contribution in [0.25, 0.3) is 10.9 Å². The number of fused-ring (bicyclic) bond motifs is 1. The summed E-state index contributed by atoms with van der Waals surface area (Å²) in [5.74, 6) is 1.09. The minimum absolute atomic E-state index is 0.162. The lowest BCUT2D eigenvalue weighted by molar-refractivity contribution is -0.395. The highest BCUT2D eigenvalue weighted by molar-refractivity contribution is 7.99. The predicted molar refractivity (Wildman–Crippen MR) is 101 cm³/mol. The zero-order valence-electron chi connectivity index (χ0n) is 14.3. The van der Waals surface area contributed by atoms with E-state index in [0.29, 0.717) is 11.7 Å². The van der Waals surface area contributed by atoms with Crippen molar-refractivity contribution in [3.8, 4) is 0 Å². The van der Waals surface area contributed by atoms with E-state index in [4.69, 9.17) is 0 Å². The number of ketones is 1. The number of rotatable bonds is 5. The van der Waals surface area contributed by atoms with Gasteiger partial charge < -0.3 is 0 Å². The number of pyridine rings is 1. The number of Topliss-reactive ketones (excluding diaryl/α,β-unsaturated/α-hetero) is 1. The molecule has 1 N–H and O–H groups in total. The zero-order chi connectivity index (χ0) is 17.1. The molecule has 0 amide bonds. The molecule has 3 rings (SSSR count). The summed E-state index contributed by atoms with van der Waals surface area (Å²) < 4.78 is 0. The normalized spacial score (nSPS) is 11.2. The van der Waals surface area contributed by atoms with Gasteiger partial charge in [0.05, 0.1) is 5.75 Å². The molecular formula is C21H22NOS+. The average molecular weight is 336 g/mol. The van der Waals surface area contributed by atoms with E-state index in [2.05, 4.69) is 56.1 Å². The maximum atomic E-state index is 12.4. The van der Waals surface area contributed by atoms with E-state index in [1.807, 2.05) is 24.3 Å². The summed E-state index contributed by atoms with van der Waals surface area (Å²) in [6.07, 6.45) is 0. The van der Waals surface area contributed by atoms with Crippen molar-refractivity contribution in [3.63, 3.8) is 0 Å². The van der Waals surface area contributed by atoms with E-state index >= 15 is 0 Å². The molecule has 3 heteroatoms. The first-order valence-electron chi connectivity index (χ1n) is 8.22. The molecule has 1 aromatic heterocycles. The van der Waals surface area contributed by atoms with Crippen molar-refractivity contribution in [3.05, 3.63) is 71.3 Å². The Morgan fingerprint density at radius 3 is 2.50 bits per heavy atom. The average Bonchev–Trinajstić information content (AvgIpc) is 2.60. The summed E-state index contributed by atoms with van der Waals surface area (Å²) in [5.41, 5.74) is 4.37. The van der Waals surface area contributed by atoms with Gasteiger partial charge in [-0.25, -0.2) is 0 Å². The second kappa shape index (κ2) is 7.18. The molecule has 0 unspecified atom stereocenters. The molecule has 0 aliphatic carbocycles. The summed E-state index contributed by atoms with van der Waals surface area (Å²) in [7, 11) is 0. The third-order valence-corrected chi connectivity index (χ3v) is 5.15. The summed E-state index contributed by atoms with van der Waals surface area (Å²) in [5, 5.41) is 2.25. The second-order valence-electron chi connectivity index (χ2n) is 6.35. The first-order chi connectivity index (χ1) is 11.5. The van der Waals surface area contributed by atoms with Crippen LogP contribution in [0, 0.1) is 6.92 Å². The number of para-hydroxylation sites is 1. The highest BCUT2D eigenvalue weighted by Gasteiger charge is 2.13. The molecule has 3 aromatic rings. The Bertz CT molecular complexity index is 869. The van der Waals surface area contributed by atoms with Crippen LogP contribution in [0.1, 0.15) is 41.3 Å². The molecule has 122 valence electrons. The van der Waals surface area contributed by atoms with Gasteiger partial charge in [0.1, 0.15) is 0 Å². The van der Waals surface area contributed by atoms with Crippen molar-refractivity contribution in [2.75, 3.05) is 5.75 Å². The zero-order valence-corrected chi connectivity index (χ0v) is 15.1. The van der Waals surface area contributed by atoms with Crippen molar-refractivity contribution in [2.45, 2.75) is 31.7 Å². The molecule has 2 nitrogen and oxygen atoms in total. The van der Waals surface area contributed by atoms with Gasteiger partial charge in [0.15, 0.2) is 5.78 Å². The number of nitrogens with one attached hydrogen (secondary N) is 1. The Morgan fingerprint density at radius 2 is 1.79 bits per heavy atom. The Hall–Kier alpha value is -2.13. The number of H-pyrrole nitrogens is 1. The van der Waals surface area contributed by atoms with Gasteiger partial charge in [-0.15, -0.1) is 0 Å². The minimum atomic E-state index is 0.162. The number of carbonyl (C=O) groups is 1. The van der Waals surface area contributed by atoms with Gasteiger partial charge in [-0.1, -0.05) is 50.2 Å². The van der Waals surface area contributed by atoms with Crippen molar-refractivity contribution < 1.29 is 9.78 Å². The highest BCUT2D eigenvalue weighted by atomic mass is 32.2. The maximum absolute atomic E-state index is 12.4. The van der Waals surface area contributed by atoms with Gasteiger partial charge in [-0.3, -0.25) is 4.79 Å². The number of benzene rings is 2. The number of thioether (sulfide) groups is 1. The SMILES string of the molecule is Cc1cc(SCC(=O)c2ccc(C(C)C)cc2)[nH+]c2ccccc12. The molecule has 0 saturated carbocycles. The molecule has 1 heterocycles. The minimum Gasteiger partial charge on any atom is -0.293 e. The standard InChI is InChI=1S/C21H21NOS/c1-14(2)16-8-10-17(11-9-16)20(23)13-24-21-12-15(3)18-6-4-5-7-19(18)22-21/h4-12,14H,13H2,1-3H3/p+1. The van der Waals surface area contributed by atoms with Crippen LogP contribution in [-0.2, 0) is 0 Å². The lowest BCUT2D eigenvalue weighted by atomic mass is 10.0. The summed E-state index contributed by atoms with van der Waals surface area (Å²) in [6.45, 7) is 6.42. The van der Waals surface area contributed by atoms with Crippen LogP contribution in [-0.4, -0.2) is 11.5 Å². The van der Waals surface area contributed by atoms with E-state index in [1.54, 1.807) is 11.8 Å². The maximum Gasteiger partial charge on any atom is 0.239 e. The highest BCUT2D eigenvalue weighted by Crippen LogP contribution is 2.22. The molecule has 0 fully saturated rings. The Kier molecular flexibility index (Phi) is 5.00. The summed E-state index contributed by atoms with van der Waals surface area (Å²) >= 11 is 1.56. The molecular weight excluding hydrogens is 314 g/mol. The lowest BCUT2D eigenvalue weighted by Gasteiger charge is -2.06. The van der Waals surface area contributed by atoms with Crippen LogP contribution in [0.15, 0.2) is 59.6 Å². The topological polar surface area (TPSA) is 31.2 Å². The fourth-order valence-electron chi connectivity index (χ4n) is 2.74. The Labute approximate surface area is 147 Å². The van der Waals surface area contributed by atoms with E-state index in [-0.39, 0.29) is 5.78 Å². The quantitative estimate of drug-likeness (QED) is 0.481. The van der Waals surface area contributed by atoms with Crippen molar-refractivity contribution in [2.24, 2.45) is 0 Å². The monoisotopic (exact) mass is 336 g/mol. The molecule has 0 spiro atoms. The van der Waals surface area contributed by atoms with Crippen LogP contribution >= 0.6 is 11.8 Å².